The van der Waals surface area contributed by atoms with Crippen LogP contribution in [0, 0.1) is 6.92 Å². The molecule has 0 aliphatic heterocycles. The topological polar surface area (TPSA) is 113 Å². The van der Waals surface area contributed by atoms with E-state index >= 15 is 0 Å². The lowest BCUT2D eigenvalue weighted by Crippen LogP contribution is -2.38. The highest BCUT2D eigenvalue weighted by Gasteiger charge is 2.34. The molecule has 0 bridgehead atoms. The zero-order valence-corrected chi connectivity index (χ0v) is 26.3. The third kappa shape index (κ3) is 7.77. The predicted molar refractivity (Wildman–Crippen MR) is 165 cm³/mol. The van der Waals surface area contributed by atoms with Gasteiger partial charge >= 0.3 is 6.18 Å². The largest absolute Gasteiger partial charge is 0.417 e. The molecule has 0 spiro atoms. The van der Waals surface area contributed by atoms with Gasteiger partial charge in [0.15, 0.2) is 0 Å². The first-order valence-electron chi connectivity index (χ1n) is 12.3. The third-order valence-corrected chi connectivity index (χ3v) is 10.3. The number of benzene rings is 4. The van der Waals surface area contributed by atoms with Crippen molar-refractivity contribution in [1.82, 2.24) is 0 Å². The molecule has 0 aliphatic rings. The van der Waals surface area contributed by atoms with Crippen molar-refractivity contribution in [3.05, 3.63) is 111 Å². The summed E-state index contributed by atoms with van der Waals surface area (Å²) in [5.74, 6) is -0.777. The molecule has 0 saturated heterocycles. The fourth-order valence-electron chi connectivity index (χ4n) is 3.86. The van der Waals surface area contributed by atoms with E-state index in [9.17, 15) is 34.8 Å². The first-order chi connectivity index (χ1) is 20.5. The Morgan fingerprint density at radius 1 is 0.750 bits per heavy atom. The number of aryl methyl sites for hydroxylation is 1. The molecule has 0 saturated carbocycles. The van der Waals surface area contributed by atoms with Crippen LogP contribution in [0.1, 0.15) is 11.1 Å². The van der Waals surface area contributed by atoms with E-state index in [1.54, 1.807) is 19.1 Å². The van der Waals surface area contributed by atoms with Crippen LogP contribution in [0.25, 0.3) is 0 Å². The molecule has 4 aromatic carbocycles. The van der Waals surface area contributed by atoms with E-state index in [1.165, 1.54) is 42.5 Å². The minimum Gasteiger partial charge on any atom is -0.325 e. The fraction of sp³-hybridized carbons (Fsp3) is 0.107. The van der Waals surface area contributed by atoms with Gasteiger partial charge in [-0.15, -0.1) is 0 Å². The summed E-state index contributed by atoms with van der Waals surface area (Å²) in [6.07, 6.45) is -4.80. The van der Waals surface area contributed by atoms with Gasteiger partial charge in [0.25, 0.3) is 20.0 Å². The molecule has 0 unspecified atom stereocenters. The fourth-order valence-corrected chi connectivity index (χ4v) is 6.84. The van der Waals surface area contributed by atoms with Crippen LogP contribution in [-0.4, -0.2) is 29.3 Å². The number of anilines is 3. The van der Waals surface area contributed by atoms with Gasteiger partial charge in [-0.3, -0.25) is 13.8 Å². The van der Waals surface area contributed by atoms with Gasteiger partial charge in [-0.05, 0) is 79.7 Å². The maximum absolute atomic E-state index is 13.6. The van der Waals surface area contributed by atoms with Crippen molar-refractivity contribution in [1.29, 1.82) is 0 Å². The van der Waals surface area contributed by atoms with Crippen molar-refractivity contribution in [3.63, 3.8) is 0 Å². The zero-order valence-electron chi connectivity index (χ0n) is 22.4. The Kier molecular flexibility index (Phi) is 9.76. The van der Waals surface area contributed by atoms with Crippen molar-refractivity contribution in [2.75, 3.05) is 20.9 Å². The molecule has 4 aromatic rings. The average molecular weight is 707 g/mol. The van der Waals surface area contributed by atoms with Crippen LogP contribution in [0.15, 0.2) is 94.7 Å². The quantitative estimate of drug-likeness (QED) is 0.186. The van der Waals surface area contributed by atoms with E-state index in [1.807, 2.05) is 0 Å². The maximum Gasteiger partial charge on any atom is 0.417 e. The summed E-state index contributed by atoms with van der Waals surface area (Å²) in [4.78, 5) is 12.6. The summed E-state index contributed by atoms with van der Waals surface area (Å²) in [5.41, 5.74) is -0.573. The Morgan fingerprint density at radius 2 is 1.32 bits per heavy atom. The number of rotatable bonds is 9. The van der Waals surface area contributed by atoms with Crippen LogP contribution in [0.5, 0.6) is 0 Å². The highest BCUT2D eigenvalue weighted by molar-refractivity contribution is 7.93. The molecule has 44 heavy (non-hydrogen) atoms. The van der Waals surface area contributed by atoms with Crippen molar-refractivity contribution in [2.45, 2.75) is 22.9 Å². The van der Waals surface area contributed by atoms with Gasteiger partial charge in [-0.2, -0.15) is 13.2 Å². The summed E-state index contributed by atoms with van der Waals surface area (Å²) in [6.45, 7) is 1.10. The SMILES string of the molecule is Cc1ccc(S(=O)(=O)N(CC(=O)Nc2ccc(S(=O)(=O)Nc3ccc(Cl)c(C(F)(F)F)c3)cc2)c2ccc(Cl)c(Cl)c2)cc1. The lowest BCUT2D eigenvalue weighted by atomic mass is 10.2. The molecule has 0 aromatic heterocycles. The van der Waals surface area contributed by atoms with E-state index in [2.05, 4.69) is 10.0 Å². The minimum absolute atomic E-state index is 0.0623. The zero-order chi connectivity index (χ0) is 32.4. The first kappa shape index (κ1) is 33.4. The van der Waals surface area contributed by atoms with Crippen molar-refractivity contribution in [3.8, 4) is 0 Å². The second-order valence-corrected chi connectivity index (χ2v) is 14.1. The number of nitrogens with one attached hydrogen (secondary N) is 2. The number of carbonyl (C=O) groups excluding carboxylic acids is 1. The van der Waals surface area contributed by atoms with Gasteiger partial charge in [0.05, 0.1) is 36.1 Å². The van der Waals surface area contributed by atoms with E-state index in [0.717, 1.165) is 34.1 Å². The van der Waals surface area contributed by atoms with Gasteiger partial charge in [-0.1, -0.05) is 52.5 Å². The van der Waals surface area contributed by atoms with Crippen LogP contribution >= 0.6 is 34.8 Å². The van der Waals surface area contributed by atoms with Gasteiger partial charge in [-0.25, -0.2) is 16.8 Å². The van der Waals surface area contributed by atoms with Crippen molar-refractivity contribution in [2.24, 2.45) is 0 Å². The van der Waals surface area contributed by atoms with Crippen LogP contribution in [0.4, 0.5) is 30.2 Å². The molecule has 16 heteroatoms. The Balaban J connectivity index is 1.54. The van der Waals surface area contributed by atoms with Crippen LogP contribution in [0.3, 0.4) is 0 Å². The minimum atomic E-state index is -4.80. The van der Waals surface area contributed by atoms with Gasteiger partial charge in [0.2, 0.25) is 5.91 Å². The Morgan fingerprint density at radius 3 is 1.91 bits per heavy atom. The van der Waals surface area contributed by atoms with Crippen LogP contribution < -0.4 is 14.3 Å². The van der Waals surface area contributed by atoms with E-state index < -0.39 is 49.3 Å². The highest BCUT2D eigenvalue weighted by Crippen LogP contribution is 2.37. The highest BCUT2D eigenvalue weighted by atomic mass is 35.5. The first-order valence-corrected chi connectivity index (χ1v) is 16.4. The molecule has 2 N–H and O–H groups in total. The maximum atomic E-state index is 13.6. The molecule has 0 heterocycles. The van der Waals surface area contributed by atoms with E-state index in [0.29, 0.717) is 6.07 Å². The lowest BCUT2D eigenvalue weighted by molar-refractivity contribution is -0.137. The summed E-state index contributed by atoms with van der Waals surface area (Å²) in [5, 5.41) is 2.15. The molecule has 0 fully saturated rings. The molecule has 0 atom stereocenters. The van der Waals surface area contributed by atoms with Gasteiger partial charge in [0.1, 0.15) is 6.54 Å². The summed E-state index contributed by atoms with van der Waals surface area (Å²) >= 11 is 17.7. The molecule has 0 aliphatic carbocycles. The molecular formula is C28H21Cl3F3N3O5S2. The van der Waals surface area contributed by atoms with E-state index in [4.69, 9.17) is 34.8 Å². The molecule has 232 valence electrons. The number of amides is 1. The van der Waals surface area contributed by atoms with Crippen LogP contribution in [0.2, 0.25) is 15.1 Å². The summed E-state index contributed by atoms with van der Waals surface area (Å²) in [7, 11) is -8.59. The Labute approximate surface area is 266 Å². The Hall–Kier alpha value is -3.49. The van der Waals surface area contributed by atoms with Crippen molar-refractivity contribution < 1.29 is 34.8 Å². The summed E-state index contributed by atoms with van der Waals surface area (Å²) < 4.78 is 95.1. The number of halogens is 6. The number of alkyl halides is 3. The van der Waals surface area contributed by atoms with Gasteiger partial charge in [0, 0.05) is 11.4 Å². The van der Waals surface area contributed by atoms with Gasteiger partial charge < -0.3 is 5.32 Å². The number of hydrogen-bond acceptors (Lipinski definition) is 5. The number of sulfonamides is 2. The number of carbonyl (C=O) groups is 1. The predicted octanol–water partition coefficient (Wildman–Crippen LogP) is 7.61. The summed E-state index contributed by atoms with van der Waals surface area (Å²) in [6, 6.07) is 17.3. The second kappa shape index (κ2) is 12.9. The molecule has 4 rings (SSSR count). The lowest BCUT2D eigenvalue weighted by Gasteiger charge is -2.24. The third-order valence-electron chi connectivity index (χ3n) is 6.06. The van der Waals surface area contributed by atoms with Crippen molar-refractivity contribution >= 4 is 77.8 Å². The van der Waals surface area contributed by atoms with E-state index in [-0.39, 0.29) is 36.9 Å². The van der Waals surface area contributed by atoms with Crippen LogP contribution in [-0.2, 0) is 31.0 Å². The molecule has 8 nitrogen and oxygen atoms in total. The molecular weight excluding hydrogens is 686 g/mol. The Bertz CT molecular complexity index is 1920. The number of nitrogens with zero attached hydrogens (tertiary/aromatic N) is 1. The average Bonchev–Trinajstić information content (AvgIpc) is 2.94. The standard InChI is InChI=1S/C28H21Cl3F3N3O5S2/c1-17-2-8-22(9-3-17)44(41,42)37(20-7-13-25(30)26(31)15-20)16-27(38)35-18-4-10-21(11-5-18)43(39,40)36-19-6-12-24(29)23(14-19)28(32,33)34/h2-15,36H,16H2,1H3,(H,35,38). The molecule has 1 amide bonds. The monoisotopic (exact) mass is 705 g/mol. The second-order valence-electron chi connectivity index (χ2n) is 9.29. The molecule has 0 radical (unpaired) electrons. The smallest absolute Gasteiger partial charge is 0.325 e. The normalized spacial score (nSPS) is 12.1. The number of hydrogen-bond donors (Lipinski definition) is 2.